The van der Waals surface area contributed by atoms with Gasteiger partial charge in [-0.3, -0.25) is 14.0 Å². The van der Waals surface area contributed by atoms with E-state index in [0.29, 0.717) is 22.6 Å². The number of aryl methyl sites for hydroxylation is 1. The number of nitrogens with zero attached hydrogens (tertiary/aromatic N) is 3. The molecule has 0 aliphatic heterocycles. The summed E-state index contributed by atoms with van der Waals surface area (Å²) >= 11 is 0. The van der Waals surface area contributed by atoms with E-state index in [1.54, 1.807) is 51.4 Å². The summed E-state index contributed by atoms with van der Waals surface area (Å²) in [6, 6.07) is 6.87. The molecule has 0 aliphatic carbocycles. The van der Waals surface area contributed by atoms with Crippen molar-refractivity contribution in [3.05, 3.63) is 58.5 Å². The van der Waals surface area contributed by atoms with E-state index >= 15 is 0 Å². The minimum absolute atomic E-state index is 0.152. The van der Waals surface area contributed by atoms with E-state index in [9.17, 15) is 9.59 Å². The molecule has 1 aromatic carbocycles. The van der Waals surface area contributed by atoms with Crippen LogP contribution in [0.3, 0.4) is 0 Å². The van der Waals surface area contributed by atoms with E-state index in [0.717, 1.165) is 0 Å². The Kier molecular flexibility index (Phi) is 4.07. The number of hydrogen-bond acceptors (Lipinski definition) is 5. The number of imidazole rings is 1. The van der Waals surface area contributed by atoms with Gasteiger partial charge in [-0.25, -0.2) is 9.59 Å². The van der Waals surface area contributed by atoms with Crippen LogP contribution in [0.15, 0.2) is 41.5 Å². The first-order chi connectivity index (χ1) is 11.6. The molecule has 7 heteroatoms. The fraction of sp³-hybridized carbons (Fsp3) is 0.235. The first-order valence-corrected chi connectivity index (χ1v) is 7.48. The largest absolute Gasteiger partial charge is 0.497 e. The van der Waals surface area contributed by atoms with Gasteiger partial charge in [-0.05, 0) is 38.1 Å². The van der Waals surface area contributed by atoms with Crippen LogP contribution in [0, 0.1) is 6.92 Å². The zero-order valence-corrected chi connectivity index (χ0v) is 13.6. The van der Waals surface area contributed by atoms with Crippen molar-refractivity contribution in [3.8, 4) is 11.4 Å². The number of methoxy groups -OCH3 is 1. The Bertz CT molecular complexity index is 954. The fourth-order valence-corrected chi connectivity index (χ4v) is 2.53. The number of ether oxygens (including phenoxy) is 2. The van der Waals surface area contributed by atoms with Crippen LogP contribution < -0.4 is 10.4 Å². The molecule has 0 atom stereocenters. The molecule has 24 heavy (non-hydrogen) atoms. The Balaban J connectivity index is 2.31. The van der Waals surface area contributed by atoms with E-state index in [4.69, 9.17) is 9.47 Å². The van der Waals surface area contributed by atoms with Crippen molar-refractivity contribution in [2.24, 2.45) is 0 Å². The maximum atomic E-state index is 12.8. The van der Waals surface area contributed by atoms with E-state index in [1.165, 1.54) is 15.2 Å². The highest BCUT2D eigenvalue weighted by molar-refractivity contribution is 5.95. The summed E-state index contributed by atoms with van der Waals surface area (Å²) in [4.78, 5) is 29.4. The second kappa shape index (κ2) is 6.19. The predicted octanol–water partition coefficient (Wildman–Crippen LogP) is 1.98. The van der Waals surface area contributed by atoms with Crippen molar-refractivity contribution in [1.29, 1.82) is 0 Å². The summed E-state index contributed by atoms with van der Waals surface area (Å²) in [5, 5.41) is 0. The number of carbonyl (C=O) groups is 1. The standard InChI is InChI=1S/C17H17N3O4/c1-4-24-16(21)15-14-9-18-11(2)10-19(14)17(22)20(15)12-5-7-13(23-3)8-6-12/h5-10H,4H2,1-3H3. The van der Waals surface area contributed by atoms with E-state index in [1.807, 2.05) is 0 Å². The van der Waals surface area contributed by atoms with Gasteiger partial charge in [-0.1, -0.05) is 0 Å². The first-order valence-electron chi connectivity index (χ1n) is 7.48. The van der Waals surface area contributed by atoms with Crippen LogP contribution in [-0.4, -0.2) is 33.6 Å². The number of benzene rings is 1. The topological polar surface area (TPSA) is 74.8 Å². The molecule has 2 aromatic heterocycles. The normalized spacial score (nSPS) is 10.8. The molecule has 3 rings (SSSR count). The molecule has 0 bridgehead atoms. The first kappa shape index (κ1) is 15.8. The predicted molar refractivity (Wildman–Crippen MR) is 88.0 cm³/mol. The van der Waals surface area contributed by atoms with Gasteiger partial charge in [0.25, 0.3) is 0 Å². The molecular weight excluding hydrogens is 310 g/mol. The molecule has 0 aliphatic rings. The monoisotopic (exact) mass is 327 g/mol. The van der Waals surface area contributed by atoms with Crippen LogP contribution in [0.5, 0.6) is 5.75 Å². The summed E-state index contributed by atoms with van der Waals surface area (Å²) in [5.41, 5.74) is 1.42. The smallest absolute Gasteiger partial charge is 0.357 e. The second-order valence-electron chi connectivity index (χ2n) is 5.17. The van der Waals surface area contributed by atoms with E-state index in [-0.39, 0.29) is 18.0 Å². The Morgan fingerprint density at radius 1 is 1.25 bits per heavy atom. The van der Waals surface area contributed by atoms with Crippen LogP contribution in [0.2, 0.25) is 0 Å². The minimum atomic E-state index is -0.571. The van der Waals surface area contributed by atoms with Crippen LogP contribution >= 0.6 is 0 Å². The highest BCUT2D eigenvalue weighted by Crippen LogP contribution is 2.19. The molecule has 124 valence electrons. The maximum absolute atomic E-state index is 12.8. The van der Waals surface area contributed by atoms with Crippen molar-refractivity contribution in [1.82, 2.24) is 14.0 Å². The van der Waals surface area contributed by atoms with Gasteiger partial charge < -0.3 is 9.47 Å². The third-order valence-corrected chi connectivity index (χ3v) is 3.63. The number of fused-ring (bicyclic) bond motifs is 1. The molecule has 2 heterocycles. The SMILES string of the molecule is CCOC(=O)c1c2cnc(C)cn2c(=O)n1-c1ccc(OC)cc1. The molecule has 0 amide bonds. The summed E-state index contributed by atoms with van der Waals surface area (Å²) in [6.07, 6.45) is 3.10. The number of hydrogen-bond donors (Lipinski definition) is 0. The van der Waals surface area contributed by atoms with Crippen molar-refractivity contribution in [2.75, 3.05) is 13.7 Å². The summed E-state index contributed by atoms with van der Waals surface area (Å²) in [5.74, 6) is 0.0873. The van der Waals surface area contributed by atoms with Crippen molar-refractivity contribution < 1.29 is 14.3 Å². The van der Waals surface area contributed by atoms with Crippen LogP contribution in [0.25, 0.3) is 11.2 Å². The van der Waals surface area contributed by atoms with Gasteiger partial charge in [0.05, 0.1) is 31.3 Å². The quantitative estimate of drug-likeness (QED) is 0.685. The van der Waals surface area contributed by atoms with Gasteiger partial charge in [-0.2, -0.15) is 0 Å². The number of rotatable bonds is 4. The molecule has 7 nitrogen and oxygen atoms in total. The molecule has 0 fully saturated rings. The molecule has 0 spiro atoms. The Morgan fingerprint density at radius 2 is 1.96 bits per heavy atom. The molecule has 3 aromatic rings. The Labute approximate surface area is 138 Å². The average molecular weight is 327 g/mol. The number of carbonyl (C=O) groups excluding carboxylic acids is 1. The van der Waals surface area contributed by atoms with Crippen LogP contribution in [-0.2, 0) is 4.74 Å². The average Bonchev–Trinajstić information content (AvgIpc) is 2.88. The zero-order valence-electron chi connectivity index (χ0n) is 13.6. The Hall–Kier alpha value is -3.09. The Morgan fingerprint density at radius 3 is 2.58 bits per heavy atom. The second-order valence-corrected chi connectivity index (χ2v) is 5.17. The molecule has 0 saturated heterocycles. The number of esters is 1. The molecule has 0 N–H and O–H groups in total. The van der Waals surface area contributed by atoms with Crippen LogP contribution in [0.1, 0.15) is 23.1 Å². The van der Waals surface area contributed by atoms with Crippen molar-refractivity contribution >= 4 is 11.5 Å². The van der Waals surface area contributed by atoms with E-state index < -0.39 is 5.97 Å². The summed E-state index contributed by atoms with van der Waals surface area (Å²) < 4.78 is 13.0. The van der Waals surface area contributed by atoms with Gasteiger partial charge in [-0.15, -0.1) is 0 Å². The lowest BCUT2D eigenvalue weighted by Crippen LogP contribution is -2.22. The lowest BCUT2D eigenvalue weighted by molar-refractivity contribution is 0.0519. The van der Waals surface area contributed by atoms with Crippen molar-refractivity contribution in [2.45, 2.75) is 13.8 Å². The lowest BCUT2D eigenvalue weighted by atomic mass is 10.3. The minimum Gasteiger partial charge on any atom is -0.497 e. The lowest BCUT2D eigenvalue weighted by Gasteiger charge is -2.08. The maximum Gasteiger partial charge on any atom is 0.357 e. The third kappa shape index (κ3) is 2.54. The van der Waals surface area contributed by atoms with Gasteiger partial charge in [0.1, 0.15) is 11.3 Å². The third-order valence-electron chi connectivity index (χ3n) is 3.63. The van der Waals surface area contributed by atoms with Crippen molar-refractivity contribution in [3.63, 3.8) is 0 Å². The molecule has 0 saturated carbocycles. The zero-order chi connectivity index (χ0) is 17.3. The fourth-order valence-electron chi connectivity index (χ4n) is 2.53. The van der Waals surface area contributed by atoms with Gasteiger partial charge in [0.2, 0.25) is 0 Å². The summed E-state index contributed by atoms with van der Waals surface area (Å²) in [6.45, 7) is 3.71. The van der Waals surface area contributed by atoms with E-state index in [2.05, 4.69) is 4.98 Å². The van der Waals surface area contributed by atoms with Gasteiger partial charge in [0, 0.05) is 6.20 Å². The highest BCUT2D eigenvalue weighted by Gasteiger charge is 2.23. The van der Waals surface area contributed by atoms with Gasteiger partial charge >= 0.3 is 11.7 Å². The molecule has 0 unspecified atom stereocenters. The summed E-state index contributed by atoms with van der Waals surface area (Å²) in [7, 11) is 1.56. The van der Waals surface area contributed by atoms with Crippen LogP contribution in [0.4, 0.5) is 0 Å². The molecule has 0 radical (unpaired) electrons. The van der Waals surface area contributed by atoms with Gasteiger partial charge in [0.15, 0.2) is 5.69 Å². The number of aromatic nitrogens is 3. The molecular formula is C17H17N3O4. The highest BCUT2D eigenvalue weighted by atomic mass is 16.5.